The van der Waals surface area contributed by atoms with Crippen molar-refractivity contribution in [2.24, 2.45) is 0 Å². The number of nitrogens with zero attached hydrogens (tertiary/aromatic N) is 1. The van der Waals surface area contributed by atoms with Gasteiger partial charge in [0.15, 0.2) is 0 Å². The van der Waals surface area contributed by atoms with Crippen molar-refractivity contribution in [3.05, 3.63) is 131 Å². The largest absolute Gasteiger partial charge is 0.335 e. The van der Waals surface area contributed by atoms with Crippen molar-refractivity contribution in [3.8, 4) is 33.4 Å². The van der Waals surface area contributed by atoms with Crippen LogP contribution in [-0.4, -0.2) is 5.54 Å². The molecule has 1 heteroatoms. The highest BCUT2D eigenvalue weighted by Crippen LogP contribution is 2.51. The van der Waals surface area contributed by atoms with Crippen molar-refractivity contribution in [2.45, 2.75) is 59.3 Å². The fourth-order valence-corrected chi connectivity index (χ4v) is 6.52. The standard InChI is InChI=1S/C39H39N/c1-26-24-35-33(30-18-11-13-21-34(30)39(35,6)7)25-32(26)31-19-12-14-22-37(31)40(38(3,4)5)36-23-15-20-29(27(36)2)28-16-9-8-10-17-28/h8-25H,1-7H3/i1D3. The molecule has 0 aliphatic heterocycles. The van der Waals surface area contributed by atoms with Gasteiger partial charge in [-0.2, -0.15) is 0 Å². The van der Waals surface area contributed by atoms with Crippen LogP contribution in [0.5, 0.6) is 0 Å². The maximum absolute atomic E-state index is 8.66. The van der Waals surface area contributed by atoms with E-state index in [2.05, 4.69) is 137 Å². The summed E-state index contributed by atoms with van der Waals surface area (Å²) in [4.78, 5) is 2.37. The minimum atomic E-state index is -2.28. The van der Waals surface area contributed by atoms with E-state index < -0.39 is 6.85 Å². The molecule has 200 valence electrons. The van der Waals surface area contributed by atoms with E-state index in [9.17, 15) is 0 Å². The molecule has 0 N–H and O–H groups in total. The third kappa shape index (κ3) is 4.16. The topological polar surface area (TPSA) is 3.24 Å². The summed E-state index contributed by atoms with van der Waals surface area (Å²) in [5.41, 5.74) is 11.7. The molecule has 0 radical (unpaired) electrons. The summed E-state index contributed by atoms with van der Waals surface area (Å²) >= 11 is 0. The number of anilines is 2. The third-order valence-electron chi connectivity index (χ3n) is 8.46. The minimum absolute atomic E-state index is 0.281. The Labute approximate surface area is 244 Å². The smallest absolute Gasteiger partial charge is 0.0495 e. The van der Waals surface area contributed by atoms with E-state index in [1.807, 2.05) is 18.2 Å². The molecule has 40 heavy (non-hydrogen) atoms. The van der Waals surface area contributed by atoms with Crippen LogP contribution in [0.25, 0.3) is 33.4 Å². The third-order valence-corrected chi connectivity index (χ3v) is 8.46. The molecule has 0 atom stereocenters. The second-order valence-electron chi connectivity index (χ2n) is 12.5. The van der Waals surface area contributed by atoms with E-state index >= 15 is 0 Å². The van der Waals surface area contributed by atoms with Crippen molar-refractivity contribution in [3.63, 3.8) is 0 Å². The molecule has 0 spiro atoms. The van der Waals surface area contributed by atoms with Gasteiger partial charge in [0.2, 0.25) is 0 Å². The molecule has 1 aliphatic carbocycles. The Kier molecular flexibility index (Phi) is 5.40. The Balaban J connectivity index is 1.62. The summed E-state index contributed by atoms with van der Waals surface area (Å²) in [5.74, 6) is 0. The van der Waals surface area contributed by atoms with Gasteiger partial charge < -0.3 is 4.90 Å². The van der Waals surface area contributed by atoms with Crippen LogP contribution in [0.4, 0.5) is 11.4 Å². The number of hydrogen-bond acceptors (Lipinski definition) is 1. The molecule has 0 saturated heterocycles. The number of para-hydroxylation sites is 1. The monoisotopic (exact) mass is 524 g/mol. The molecule has 1 aliphatic rings. The van der Waals surface area contributed by atoms with Crippen LogP contribution in [0.3, 0.4) is 0 Å². The molecule has 0 bridgehead atoms. The Bertz CT molecular complexity index is 1820. The van der Waals surface area contributed by atoms with Crippen LogP contribution in [-0.2, 0) is 5.41 Å². The van der Waals surface area contributed by atoms with Crippen molar-refractivity contribution in [2.75, 3.05) is 4.90 Å². The Morgan fingerprint density at radius 2 is 1.23 bits per heavy atom. The molecule has 0 unspecified atom stereocenters. The van der Waals surface area contributed by atoms with Gasteiger partial charge in [-0.3, -0.25) is 0 Å². The van der Waals surface area contributed by atoms with E-state index in [4.69, 9.17) is 4.11 Å². The average molecular weight is 525 g/mol. The Morgan fingerprint density at radius 1 is 0.600 bits per heavy atom. The highest BCUT2D eigenvalue weighted by molar-refractivity contribution is 5.91. The summed E-state index contributed by atoms with van der Waals surface area (Å²) in [6.45, 7) is 10.9. The van der Waals surface area contributed by atoms with Crippen molar-refractivity contribution >= 4 is 11.4 Å². The summed E-state index contributed by atoms with van der Waals surface area (Å²) in [6.07, 6.45) is 0. The second kappa shape index (κ2) is 9.52. The van der Waals surface area contributed by atoms with Crippen molar-refractivity contribution < 1.29 is 4.11 Å². The average Bonchev–Trinajstić information content (AvgIpc) is 3.19. The molecule has 0 aromatic heterocycles. The Morgan fingerprint density at radius 3 is 1.95 bits per heavy atom. The predicted octanol–water partition coefficient (Wildman–Crippen LogP) is 10.9. The predicted molar refractivity (Wildman–Crippen MR) is 173 cm³/mol. The highest BCUT2D eigenvalue weighted by atomic mass is 15.2. The second-order valence-corrected chi connectivity index (χ2v) is 12.5. The minimum Gasteiger partial charge on any atom is -0.335 e. The van der Waals surface area contributed by atoms with Gasteiger partial charge >= 0.3 is 0 Å². The van der Waals surface area contributed by atoms with E-state index in [-0.39, 0.29) is 11.0 Å². The number of rotatable bonds is 4. The molecule has 0 fully saturated rings. The lowest BCUT2D eigenvalue weighted by molar-refractivity contribution is 0.560. The zero-order chi connectivity index (χ0) is 30.7. The van der Waals surface area contributed by atoms with Gasteiger partial charge in [0.05, 0.1) is 0 Å². The lowest BCUT2D eigenvalue weighted by Crippen LogP contribution is -2.38. The summed E-state index contributed by atoms with van der Waals surface area (Å²) in [6, 6.07) is 37.8. The first-order valence-electron chi connectivity index (χ1n) is 15.6. The zero-order valence-corrected chi connectivity index (χ0v) is 24.3. The molecule has 5 aromatic rings. The summed E-state index contributed by atoms with van der Waals surface area (Å²) in [5, 5.41) is 0. The van der Waals surface area contributed by atoms with Crippen LogP contribution >= 0.6 is 0 Å². The highest BCUT2D eigenvalue weighted by Gasteiger charge is 2.36. The molecule has 0 saturated carbocycles. The number of fused-ring (bicyclic) bond motifs is 3. The van der Waals surface area contributed by atoms with E-state index in [0.717, 1.165) is 33.6 Å². The maximum Gasteiger partial charge on any atom is 0.0495 e. The summed E-state index contributed by atoms with van der Waals surface area (Å²) < 4.78 is 26.0. The molecule has 6 rings (SSSR count). The van der Waals surface area contributed by atoms with E-state index in [1.54, 1.807) is 0 Å². The van der Waals surface area contributed by atoms with Crippen LogP contribution < -0.4 is 4.90 Å². The lowest BCUT2D eigenvalue weighted by atomic mass is 9.81. The van der Waals surface area contributed by atoms with Crippen LogP contribution in [0.1, 0.15) is 61.0 Å². The van der Waals surface area contributed by atoms with Gasteiger partial charge in [-0.05, 0) is 103 Å². The van der Waals surface area contributed by atoms with Crippen LogP contribution in [0.15, 0.2) is 109 Å². The van der Waals surface area contributed by atoms with Crippen LogP contribution in [0.2, 0.25) is 0 Å². The van der Waals surface area contributed by atoms with Gasteiger partial charge in [0.1, 0.15) is 0 Å². The number of aryl methyl sites for hydroxylation is 1. The first-order chi connectivity index (χ1) is 20.3. The van der Waals surface area contributed by atoms with Crippen LogP contribution in [0, 0.1) is 13.8 Å². The van der Waals surface area contributed by atoms with Gasteiger partial charge in [0.25, 0.3) is 0 Å². The Hall–Kier alpha value is -4.10. The number of hydrogen-bond donors (Lipinski definition) is 0. The van der Waals surface area contributed by atoms with Gasteiger partial charge in [-0.25, -0.2) is 0 Å². The fourth-order valence-electron chi connectivity index (χ4n) is 6.52. The molecule has 0 heterocycles. The normalized spacial score (nSPS) is 15.0. The van der Waals surface area contributed by atoms with E-state index in [0.29, 0.717) is 5.56 Å². The molecule has 1 nitrogen and oxygen atoms in total. The van der Waals surface area contributed by atoms with Gasteiger partial charge in [-0.15, -0.1) is 0 Å². The SMILES string of the molecule is [2H]C([2H])([2H])c1cc2c(cc1-c1ccccc1N(c1cccc(-c3ccccc3)c1C)C(C)(C)C)-c1ccccc1C2(C)C. The molecular formula is C39H39N. The van der Waals surface area contributed by atoms with Gasteiger partial charge in [-0.1, -0.05) is 105 Å². The van der Waals surface area contributed by atoms with Crippen molar-refractivity contribution in [1.29, 1.82) is 0 Å². The summed E-state index contributed by atoms with van der Waals surface area (Å²) in [7, 11) is 0. The first-order valence-corrected chi connectivity index (χ1v) is 14.1. The van der Waals surface area contributed by atoms with E-state index in [1.165, 1.54) is 27.8 Å². The number of benzene rings is 5. The maximum atomic E-state index is 8.66. The molecular weight excluding hydrogens is 482 g/mol. The molecule has 5 aromatic carbocycles. The zero-order valence-electron chi connectivity index (χ0n) is 27.3. The van der Waals surface area contributed by atoms with Crippen molar-refractivity contribution in [1.82, 2.24) is 0 Å². The first kappa shape index (κ1) is 22.7. The van der Waals surface area contributed by atoms with Gasteiger partial charge in [0, 0.05) is 32.0 Å². The quantitative estimate of drug-likeness (QED) is 0.226. The molecule has 0 amide bonds. The lowest BCUT2D eigenvalue weighted by Gasteiger charge is -2.40. The fraction of sp³-hybridized carbons (Fsp3) is 0.231.